The summed E-state index contributed by atoms with van der Waals surface area (Å²) in [5, 5.41) is 0. The lowest BCUT2D eigenvalue weighted by Crippen LogP contribution is -2.27. The first kappa shape index (κ1) is 17.6. The minimum atomic E-state index is -2.86. The first-order chi connectivity index (χ1) is 12.0. The van der Waals surface area contributed by atoms with Crippen molar-refractivity contribution in [3.63, 3.8) is 0 Å². The summed E-state index contributed by atoms with van der Waals surface area (Å²) in [7, 11) is 0. The van der Waals surface area contributed by atoms with Crippen LogP contribution in [0, 0.1) is 0 Å². The van der Waals surface area contributed by atoms with Gasteiger partial charge in [-0.3, -0.25) is 9.69 Å². The van der Waals surface area contributed by atoms with Crippen LogP contribution in [-0.4, -0.2) is 21.7 Å². The predicted octanol–water partition coefficient (Wildman–Crippen LogP) is 4.69. The molecule has 7 heteroatoms. The number of amides is 1. The molecule has 2 aromatic carbocycles. The van der Waals surface area contributed by atoms with Crippen LogP contribution in [0.2, 0.25) is 0 Å². The predicted molar refractivity (Wildman–Crippen MR) is 98.2 cm³/mol. The number of benzene rings is 2. The maximum Gasteiger partial charge on any atom is 0.387 e. The molecule has 0 atom stereocenters. The normalized spacial score (nSPS) is 16.1. The summed E-state index contributed by atoms with van der Waals surface area (Å²) in [6.45, 7) is -2.44. The zero-order valence-corrected chi connectivity index (χ0v) is 14.5. The molecule has 0 aliphatic carbocycles. The van der Waals surface area contributed by atoms with E-state index in [1.165, 1.54) is 23.9 Å². The van der Waals surface area contributed by atoms with Crippen LogP contribution in [0.15, 0.2) is 59.5 Å². The Kier molecular flexibility index (Phi) is 5.45. The minimum absolute atomic E-state index is 0.0729. The lowest BCUT2D eigenvalue weighted by atomic mass is 10.2. The van der Waals surface area contributed by atoms with Crippen LogP contribution in [0.5, 0.6) is 5.75 Å². The molecule has 1 aliphatic heterocycles. The molecular formula is C18H13F2NO2S2. The Morgan fingerprint density at radius 3 is 2.44 bits per heavy atom. The summed E-state index contributed by atoms with van der Waals surface area (Å²) < 4.78 is 29.1. The topological polar surface area (TPSA) is 29.5 Å². The molecule has 3 nitrogen and oxygen atoms in total. The number of hydrogen-bond acceptors (Lipinski definition) is 4. The van der Waals surface area contributed by atoms with Gasteiger partial charge in [0, 0.05) is 0 Å². The number of alkyl halides is 2. The first-order valence-corrected chi connectivity index (χ1v) is 8.59. The Labute approximate surface area is 153 Å². The zero-order chi connectivity index (χ0) is 17.8. The highest BCUT2D eigenvalue weighted by molar-refractivity contribution is 8.26. The Hall–Kier alpha value is -2.25. The van der Waals surface area contributed by atoms with Crippen molar-refractivity contribution < 1.29 is 18.3 Å². The van der Waals surface area contributed by atoms with Crippen molar-refractivity contribution in [2.24, 2.45) is 0 Å². The van der Waals surface area contributed by atoms with E-state index in [9.17, 15) is 13.6 Å². The van der Waals surface area contributed by atoms with E-state index in [0.29, 0.717) is 21.3 Å². The second-order valence-electron chi connectivity index (χ2n) is 5.20. The smallest absolute Gasteiger partial charge is 0.387 e. The van der Waals surface area contributed by atoms with Crippen LogP contribution in [0.1, 0.15) is 11.1 Å². The Morgan fingerprint density at radius 2 is 1.80 bits per heavy atom. The molecule has 1 fully saturated rings. The monoisotopic (exact) mass is 377 g/mol. The van der Waals surface area contributed by atoms with Gasteiger partial charge < -0.3 is 4.74 Å². The summed E-state index contributed by atoms with van der Waals surface area (Å²) in [5.41, 5.74) is 1.70. The lowest BCUT2D eigenvalue weighted by Gasteiger charge is -2.14. The van der Waals surface area contributed by atoms with E-state index in [1.54, 1.807) is 23.1 Å². The Morgan fingerprint density at radius 1 is 1.12 bits per heavy atom. The van der Waals surface area contributed by atoms with E-state index in [-0.39, 0.29) is 11.7 Å². The van der Waals surface area contributed by atoms with Crippen LogP contribution in [-0.2, 0) is 11.3 Å². The number of thioether (sulfide) groups is 1. The van der Waals surface area contributed by atoms with Gasteiger partial charge in [0.1, 0.15) is 10.1 Å². The fourth-order valence-corrected chi connectivity index (χ4v) is 3.55. The highest BCUT2D eigenvalue weighted by Crippen LogP contribution is 2.33. The van der Waals surface area contributed by atoms with Gasteiger partial charge in [-0.1, -0.05) is 66.4 Å². The fourth-order valence-electron chi connectivity index (χ4n) is 2.30. The summed E-state index contributed by atoms with van der Waals surface area (Å²) in [6.07, 6.45) is 1.69. The third kappa shape index (κ3) is 4.43. The highest BCUT2D eigenvalue weighted by atomic mass is 32.2. The number of carbonyl (C=O) groups is 1. The maximum atomic E-state index is 12.6. The number of carbonyl (C=O) groups excluding carboxylic acids is 1. The lowest BCUT2D eigenvalue weighted by molar-refractivity contribution is -0.122. The van der Waals surface area contributed by atoms with Gasteiger partial charge in [-0.25, -0.2) is 0 Å². The van der Waals surface area contributed by atoms with E-state index in [0.717, 1.165) is 5.56 Å². The molecule has 0 saturated carbocycles. The van der Waals surface area contributed by atoms with Crippen molar-refractivity contribution >= 4 is 40.3 Å². The fraction of sp³-hybridized carbons (Fsp3) is 0.111. The molecule has 25 heavy (non-hydrogen) atoms. The van der Waals surface area contributed by atoms with Crippen molar-refractivity contribution in [1.29, 1.82) is 0 Å². The number of hydrogen-bond donors (Lipinski definition) is 0. The van der Waals surface area contributed by atoms with Gasteiger partial charge >= 0.3 is 6.61 Å². The Balaban J connectivity index is 1.73. The first-order valence-electron chi connectivity index (χ1n) is 7.37. The maximum absolute atomic E-state index is 12.6. The average Bonchev–Trinajstić information content (AvgIpc) is 2.85. The molecule has 2 aromatic rings. The van der Waals surface area contributed by atoms with E-state index < -0.39 is 6.61 Å². The van der Waals surface area contributed by atoms with Gasteiger partial charge in [0.15, 0.2) is 0 Å². The summed E-state index contributed by atoms with van der Waals surface area (Å²) in [6, 6.07) is 15.7. The SMILES string of the molecule is O=C1C(=Cc2ccc(OC(F)F)cc2)SC(=S)N1Cc1ccccc1. The number of nitrogens with zero attached hydrogens (tertiary/aromatic N) is 1. The minimum Gasteiger partial charge on any atom is -0.435 e. The standard InChI is InChI=1S/C18H13F2NO2S2/c19-17(20)23-14-8-6-12(7-9-14)10-15-16(22)21(18(24)25-15)11-13-4-2-1-3-5-13/h1-10,17H,11H2. The average molecular weight is 377 g/mol. The largest absolute Gasteiger partial charge is 0.435 e. The van der Waals surface area contributed by atoms with Gasteiger partial charge in [0.2, 0.25) is 0 Å². The van der Waals surface area contributed by atoms with Gasteiger partial charge in [0.05, 0.1) is 11.4 Å². The van der Waals surface area contributed by atoms with Crippen molar-refractivity contribution in [2.75, 3.05) is 0 Å². The van der Waals surface area contributed by atoms with Crippen molar-refractivity contribution in [3.8, 4) is 5.75 Å². The number of thiocarbonyl (C=S) groups is 1. The van der Waals surface area contributed by atoms with E-state index in [1.807, 2.05) is 30.3 Å². The van der Waals surface area contributed by atoms with E-state index in [2.05, 4.69) is 4.74 Å². The molecule has 3 rings (SSSR count). The highest BCUT2D eigenvalue weighted by Gasteiger charge is 2.31. The van der Waals surface area contributed by atoms with Crippen molar-refractivity contribution in [2.45, 2.75) is 13.2 Å². The number of rotatable bonds is 5. The molecule has 1 aliphatic rings. The molecular weight excluding hydrogens is 364 g/mol. The van der Waals surface area contributed by atoms with Gasteiger partial charge in [0.25, 0.3) is 5.91 Å². The summed E-state index contributed by atoms with van der Waals surface area (Å²) in [5.74, 6) is -0.0875. The third-order valence-corrected chi connectivity index (χ3v) is 4.84. The molecule has 1 amide bonds. The molecule has 0 aromatic heterocycles. The van der Waals surface area contributed by atoms with Crippen molar-refractivity contribution in [1.82, 2.24) is 4.90 Å². The second kappa shape index (κ2) is 7.76. The van der Waals surface area contributed by atoms with Crippen LogP contribution in [0.3, 0.4) is 0 Å². The summed E-state index contributed by atoms with van der Waals surface area (Å²) >= 11 is 6.53. The molecule has 0 bridgehead atoms. The number of ether oxygens (including phenoxy) is 1. The van der Waals surface area contributed by atoms with E-state index >= 15 is 0 Å². The quantitative estimate of drug-likeness (QED) is 0.559. The zero-order valence-electron chi connectivity index (χ0n) is 12.9. The Bertz CT molecular complexity index is 808. The van der Waals surface area contributed by atoms with E-state index in [4.69, 9.17) is 12.2 Å². The second-order valence-corrected chi connectivity index (χ2v) is 6.88. The van der Waals surface area contributed by atoms with Crippen LogP contribution in [0.25, 0.3) is 6.08 Å². The molecule has 1 heterocycles. The van der Waals surface area contributed by atoms with Crippen LogP contribution in [0.4, 0.5) is 8.78 Å². The molecule has 0 radical (unpaired) electrons. The van der Waals surface area contributed by atoms with Crippen molar-refractivity contribution in [3.05, 3.63) is 70.6 Å². The van der Waals surface area contributed by atoms with Crippen LogP contribution >= 0.6 is 24.0 Å². The molecule has 0 N–H and O–H groups in total. The van der Waals surface area contributed by atoms with Crippen LogP contribution < -0.4 is 4.74 Å². The number of halogens is 2. The molecule has 0 unspecified atom stereocenters. The summed E-state index contributed by atoms with van der Waals surface area (Å²) in [4.78, 5) is 14.6. The van der Waals surface area contributed by atoms with Gasteiger partial charge in [-0.05, 0) is 29.3 Å². The molecule has 128 valence electrons. The third-order valence-electron chi connectivity index (χ3n) is 3.46. The van der Waals surface area contributed by atoms with Gasteiger partial charge in [-0.2, -0.15) is 8.78 Å². The van der Waals surface area contributed by atoms with Gasteiger partial charge in [-0.15, -0.1) is 0 Å². The molecule has 0 spiro atoms. The molecule has 1 saturated heterocycles.